The summed E-state index contributed by atoms with van der Waals surface area (Å²) in [6.07, 6.45) is 0. The zero-order valence-electron chi connectivity index (χ0n) is 12.8. The van der Waals surface area contributed by atoms with Gasteiger partial charge in [0.15, 0.2) is 0 Å². The number of sulfonamides is 1. The average Bonchev–Trinajstić information content (AvgIpc) is 2.54. The van der Waals surface area contributed by atoms with Crippen molar-refractivity contribution in [2.24, 2.45) is 0 Å². The Morgan fingerprint density at radius 3 is 2.04 bits per heavy atom. The lowest BCUT2D eigenvalue weighted by Crippen LogP contribution is -2.44. The molecule has 2 aromatic rings. The second-order valence-electron chi connectivity index (χ2n) is 5.14. The van der Waals surface area contributed by atoms with Gasteiger partial charge in [-0.3, -0.25) is 4.79 Å². The summed E-state index contributed by atoms with van der Waals surface area (Å²) in [6.45, 7) is 1.53. The van der Waals surface area contributed by atoms with Gasteiger partial charge in [0.25, 0.3) is 0 Å². The average molecular weight is 354 g/mol. The van der Waals surface area contributed by atoms with Crippen LogP contribution in [0.4, 0.5) is 8.78 Å². The minimum absolute atomic E-state index is 0.137. The molecule has 2 aromatic carbocycles. The van der Waals surface area contributed by atoms with E-state index in [1.54, 1.807) is 0 Å². The van der Waals surface area contributed by atoms with Crippen molar-refractivity contribution in [2.45, 2.75) is 24.4 Å². The van der Waals surface area contributed by atoms with Gasteiger partial charge in [-0.15, -0.1) is 0 Å². The van der Waals surface area contributed by atoms with Crippen molar-refractivity contribution in [2.75, 3.05) is 0 Å². The summed E-state index contributed by atoms with van der Waals surface area (Å²) >= 11 is 0. The maximum Gasteiger partial charge on any atom is 0.241 e. The maximum atomic E-state index is 12.8. The van der Waals surface area contributed by atoms with Gasteiger partial charge >= 0.3 is 0 Å². The lowest BCUT2D eigenvalue weighted by molar-refractivity contribution is -0.122. The number of hydrogen-bond donors (Lipinski definition) is 2. The van der Waals surface area contributed by atoms with E-state index in [1.807, 2.05) is 0 Å². The molecule has 0 aliphatic heterocycles. The number of halogens is 2. The molecule has 2 N–H and O–H groups in total. The van der Waals surface area contributed by atoms with Crippen molar-refractivity contribution in [3.05, 3.63) is 65.7 Å². The summed E-state index contributed by atoms with van der Waals surface area (Å²) < 4.78 is 52.1. The molecule has 2 rings (SSSR count). The van der Waals surface area contributed by atoms with Crippen LogP contribution in [-0.2, 0) is 21.4 Å². The first-order chi connectivity index (χ1) is 11.3. The quantitative estimate of drug-likeness (QED) is 0.833. The number of carbonyl (C=O) groups is 1. The van der Waals surface area contributed by atoms with Crippen molar-refractivity contribution in [1.82, 2.24) is 10.0 Å². The van der Waals surface area contributed by atoms with Crippen LogP contribution < -0.4 is 10.0 Å². The molecule has 24 heavy (non-hydrogen) atoms. The summed E-state index contributed by atoms with van der Waals surface area (Å²) in [6, 6.07) is 8.81. The number of amides is 1. The molecule has 8 heteroatoms. The van der Waals surface area contributed by atoms with Crippen LogP contribution in [0.25, 0.3) is 0 Å². The SMILES string of the molecule is C[C@H](NS(=O)(=O)c1ccc(F)cc1)C(=O)NCc1ccc(F)cc1. The van der Waals surface area contributed by atoms with Gasteiger partial charge in [0, 0.05) is 6.54 Å². The van der Waals surface area contributed by atoms with Gasteiger partial charge in [-0.05, 0) is 48.9 Å². The molecule has 0 spiro atoms. The summed E-state index contributed by atoms with van der Waals surface area (Å²) in [7, 11) is -3.94. The lowest BCUT2D eigenvalue weighted by Gasteiger charge is -2.14. The molecule has 5 nitrogen and oxygen atoms in total. The molecular weight excluding hydrogens is 338 g/mol. The molecule has 0 bridgehead atoms. The minimum Gasteiger partial charge on any atom is -0.351 e. The Morgan fingerprint density at radius 2 is 1.50 bits per heavy atom. The Morgan fingerprint density at radius 1 is 1.00 bits per heavy atom. The van der Waals surface area contributed by atoms with E-state index in [1.165, 1.54) is 31.2 Å². The van der Waals surface area contributed by atoms with Gasteiger partial charge in [0.05, 0.1) is 10.9 Å². The molecule has 0 radical (unpaired) electrons. The van der Waals surface area contributed by atoms with Gasteiger partial charge in [0.1, 0.15) is 11.6 Å². The minimum atomic E-state index is -3.94. The highest BCUT2D eigenvalue weighted by Gasteiger charge is 2.21. The van der Waals surface area contributed by atoms with Crippen molar-refractivity contribution in [1.29, 1.82) is 0 Å². The van der Waals surface area contributed by atoms with E-state index in [2.05, 4.69) is 10.0 Å². The van der Waals surface area contributed by atoms with Gasteiger partial charge in [-0.2, -0.15) is 4.72 Å². The molecule has 0 aliphatic carbocycles. The highest BCUT2D eigenvalue weighted by Crippen LogP contribution is 2.10. The molecule has 0 aliphatic rings. The third-order valence-corrected chi connectivity index (χ3v) is 4.79. The summed E-state index contributed by atoms with van der Waals surface area (Å²) in [5, 5.41) is 2.55. The van der Waals surface area contributed by atoms with Gasteiger partial charge < -0.3 is 5.32 Å². The third kappa shape index (κ3) is 4.84. The Kier molecular flexibility index (Phi) is 5.63. The Hall–Kier alpha value is -2.32. The normalized spacial score (nSPS) is 12.6. The molecule has 0 saturated carbocycles. The van der Waals surface area contributed by atoms with Crippen molar-refractivity contribution < 1.29 is 22.0 Å². The lowest BCUT2D eigenvalue weighted by atomic mass is 10.2. The Labute approximate surface area is 138 Å². The number of benzene rings is 2. The van der Waals surface area contributed by atoms with Crippen LogP contribution >= 0.6 is 0 Å². The second-order valence-corrected chi connectivity index (χ2v) is 6.86. The van der Waals surface area contributed by atoms with Crippen LogP contribution in [0.1, 0.15) is 12.5 Å². The van der Waals surface area contributed by atoms with Gasteiger partial charge in [-0.25, -0.2) is 17.2 Å². The fourth-order valence-electron chi connectivity index (χ4n) is 1.91. The predicted molar refractivity (Wildman–Crippen MR) is 84.4 cm³/mol. The van der Waals surface area contributed by atoms with E-state index in [0.717, 1.165) is 24.3 Å². The zero-order chi connectivity index (χ0) is 17.7. The summed E-state index contributed by atoms with van der Waals surface area (Å²) in [5.41, 5.74) is 0.679. The fraction of sp³-hybridized carbons (Fsp3) is 0.188. The van der Waals surface area contributed by atoms with Crippen LogP contribution in [-0.4, -0.2) is 20.4 Å². The van der Waals surface area contributed by atoms with E-state index < -0.39 is 27.8 Å². The molecule has 0 saturated heterocycles. The van der Waals surface area contributed by atoms with Crippen molar-refractivity contribution in [3.63, 3.8) is 0 Å². The largest absolute Gasteiger partial charge is 0.351 e. The number of rotatable bonds is 6. The van der Waals surface area contributed by atoms with E-state index >= 15 is 0 Å². The number of hydrogen-bond acceptors (Lipinski definition) is 3. The molecule has 0 heterocycles. The summed E-state index contributed by atoms with van der Waals surface area (Å²) in [4.78, 5) is 11.8. The fourth-order valence-corrected chi connectivity index (χ4v) is 3.12. The Balaban J connectivity index is 1.95. The maximum absolute atomic E-state index is 12.8. The summed E-state index contributed by atoms with van der Waals surface area (Å²) in [5.74, 6) is -1.48. The Bertz CT molecular complexity index is 806. The zero-order valence-corrected chi connectivity index (χ0v) is 13.6. The van der Waals surface area contributed by atoms with E-state index in [9.17, 15) is 22.0 Å². The molecular formula is C16H16F2N2O3S. The molecule has 1 atom stereocenters. The predicted octanol–water partition coefficient (Wildman–Crippen LogP) is 1.95. The van der Waals surface area contributed by atoms with Crippen molar-refractivity contribution >= 4 is 15.9 Å². The smallest absolute Gasteiger partial charge is 0.241 e. The van der Waals surface area contributed by atoms with Crippen LogP contribution in [0.15, 0.2) is 53.4 Å². The van der Waals surface area contributed by atoms with Gasteiger partial charge in [0.2, 0.25) is 15.9 Å². The number of carbonyl (C=O) groups excluding carboxylic acids is 1. The van der Waals surface area contributed by atoms with Crippen LogP contribution in [0, 0.1) is 11.6 Å². The second kappa shape index (κ2) is 7.50. The van der Waals surface area contributed by atoms with Crippen LogP contribution in [0.2, 0.25) is 0 Å². The first-order valence-corrected chi connectivity index (χ1v) is 8.56. The highest BCUT2D eigenvalue weighted by molar-refractivity contribution is 7.89. The van der Waals surface area contributed by atoms with E-state index in [-0.39, 0.29) is 17.3 Å². The molecule has 1 amide bonds. The van der Waals surface area contributed by atoms with Gasteiger partial charge in [-0.1, -0.05) is 12.1 Å². The monoisotopic (exact) mass is 354 g/mol. The van der Waals surface area contributed by atoms with E-state index in [4.69, 9.17) is 0 Å². The number of nitrogens with one attached hydrogen (secondary N) is 2. The first kappa shape index (κ1) is 18.0. The van der Waals surface area contributed by atoms with Crippen LogP contribution in [0.3, 0.4) is 0 Å². The topological polar surface area (TPSA) is 75.3 Å². The molecule has 0 fully saturated rings. The standard InChI is InChI=1S/C16H16F2N2O3S/c1-11(16(21)19-10-12-2-4-13(17)5-3-12)20-24(22,23)15-8-6-14(18)7-9-15/h2-9,11,20H,10H2,1H3,(H,19,21)/t11-/m0/s1. The third-order valence-electron chi connectivity index (χ3n) is 3.23. The van der Waals surface area contributed by atoms with E-state index in [0.29, 0.717) is 5.56 Å². The molecule has 0 unspecified atom stereocenters. The van der Waals surface area contributed by atoms with Crippen LogP contribution in [0.5, 0.6) is 0 Å². The highest BCUT2D eigenvalue weighted by atomic mass is 32.2. The van der Waals surface area contributed by atoms with Crippen molar-refractivity contribution in [3.8, 4) is 0 Å². The molecule has 0 aromatic heterocycles. The molecule has 128 valence electrons. The first-order valence-electron chi connectivity index (χ1n) is 7.08.